The summed E-state index contributed by atoms with van der Waals surface area (Å²) in [5.74, 6) is 1.22. The molecule has 46 heavy (non-hydrogen) atoms. The number of hydrogen-bond acceptors (Lipinski definition) is 2. The van der Waals surface area contributed by atoms with Crippen LogP contribution in [0.4, 0.5) is 10.1 Å². The first-order valence-corrected chi connectivity index (χ1v) is 16.1. The van der Waals surface area contributed by atoms with E-state index in [-0.39, 0.29) is 0 Å². The largest absolute Gasteiger partial charge is 0.573 e. The highest BCUT2D eigenvalue weighted by Gasteiger charge is 2.54. The number of fused-ring (bicyclic) bond motifs is 7. The molecule has 0 saturated heterocycles. The summed E-state index contributed by atoms with van der Waals surface area (Å²) in [5, 5.41) is 2.11. The topological polar surface area (TPSA) is 24.4 Å². The summed E-state index contributed by atoms with van der Waals surface area (Å²) in [5.41, 5.74) is 15.9. The van der Waals surface area contributed by atoms with Gasteiger partial charge in [-0.3, -0.25) is 0 Å². The molecule has 0 spiro atoms. The number of benzene rings is 4. The van der Waals surface area contributed by atoms with Crippen molar-refractivity contribution in [2.75, 3.05) is 0 Å². The third kappa shape index (κ3) is 3.44. The molecular weight excluding hydrogens is 566 g/mol. The maximum atomic E-state index is 18.7. The second kappa shape index (κ2) is 9.17. The summed E-state index contributed by atoms with van der Waals surface area (Å²) in [6.45, 7) is 10.0. The molecule has 3 aliphatic rings. The molecule has 0 aliphatic carbocycles. The maximum absolute atomic E-state index is 18.7. The van der Waals surface area contributed by atoms with E-state index in [2.05, 4.69) is 96.1 Å². The van der Waals surface area contributed by atoms with Gasteiger partial charge < -0.3 is 18.1 Å². The first kappa shape index (κ1) is 27.1. The van der Waals surface area contributed by atoms with Crippen molar-refractivity contribution < 1.29 is 8.79 Å². The first-order chi connectivity index (χ1) is 22.1. The van der Waals surface area contributed by atoms with Crippen molar-refractivity contribution in [3.05, 3.63) is 131 Å². The Morgan fingerprint density at radius 2 is 1.35 bits per heavy atom. The SMILES string of the molecule is Cc1cc(C)c(-c2ccc3c(c2)c2cc(-c4c(C)cc(C)cc4C)cc4c2n3[B-]2(F)N3C=CC=CC3=Nc3cccc-4[n+]32)c(C)c1. The minimum atomic E-state index is -3.02. The molecule has 2 aromatic heterocycles. The molecule has 4 aromatic carbocycles. The zero-order valence-corrected chi connectivity index (χ0v) is 27.0. The van der Waals surface area contributed by atoms with Crippen molar-refractivity contribution in [3.63, 3.8) is 0 Å². The average molecular weight is 601 g/mol. The van der Waals surface area contributed by atoms with Crippen LogP contribution >= 0.6 is 0 Å². The van der Waals surface area contributed by atoms with E-state index in [9.17, 15) is 0 Å². The molecule has 1 atom stereocenters. The molecule has 6 heteroatoms. The van der Waals surface area contributed by atoms with Crippen LogP contribution in [-0.4, -0.2) is 22.0 Å². The molecule has 0 N–H and O–H groups in total. The van der Waals surface area contributed by atoms with Crippen molar-refractivity contribution in [1.82, 2.24) is 9.29 Å². The molecule has 5 heterocycles. The van der Waals surface area contributed by atoms with Gasteiger partial charge in [0.2, 0.25) is 5.84 Å². The average Bonchev–Trinajstić information content (AvgIpc) is 3.34. The predicted octanol–water partition coefficient (Wildman–Crippen LogP) is 9.48. The normalized spacial score (nSPS) is 17.5. The second-order valence-corrected chi connectivity index (χ2v) is 13.4. The summed E-state index contributed by atoms with van der Waals surface area (Å²) in [7, 11) is 0. The monoisotopic (exact) mass is 600 g/mol. The van der Waals surface area contributed by atoms with Crippen LogP contribution in [0.25, 0.3) is 55.3 Å². The summed E-state index contributed by atoms with van der Waals surface area (Å²) < 4.78 is 22.5. The van der Waals surface area contributed by atoms with E-state index < -0.39 is 6.83 Å². The van der Waals surface area contributed by atoms with Gasteiger partial charge >= 0.3 is 6.83 Å². The zero-order chi connectivity index (χ0) is 31.6. The zero-order valence-electron chi connectivity index (χ0n) is 27.0. The number of pyridine rings is 1. The van der Waals surface area contributed by atoms with E-state index in [1.54, 1.807) is 4.81 Å². The Balaban J connectivity index is 1.46. The second-order valence-electron chi connectivity index (χ2n) is 13.4. The summed E-state index contributed by atoms with van der Waals surface area (Å²) in [6, 6.07) is 26.1. The summed E-state index contributed by atoms with van der Waals surface area (Å²) in [6.07, 6.45) is 7.53. The van der Waals surface area contributed by atoms with E-state index in [0.717, 1.165) is 44.2 Å². The molecule has 6 aromatic rings. The standard InChI is InChI=1S/C40H34BFN4/c1-23-16-25(3)38(26(4)17-23)29-13-14-35-31(20-29)32-21-30(39-27(5)18-24(2)19-28(39)6)22-33-34-10-9-12-37-43-36-11-7-8-15-44(36)41(42,45(34)37)46(35)40(32)33/h7-22H,1-6H3. The number of aryl methyl sites for hydroxylation is 6. The van der Waals surface area contributed by atoms with Gasteiger partial charge in [-0.05, 0) is 134 Å². The minimum Gasteiger partial charge on any atom is -0.425 e. The third-order valence-electron chi connectivity index (χ3n) is 10.2. The Labute approximate surface area is 268 Å². The first-order valence-electron chi connectivity index (χ1n) is 16.1. The van der Waals surface area contributed by atoms with Crippen molar-refractivity contribution in [2.24, 2.45) is 4.99 Å². The Hall–Kier alpha value is -5.23. The van der Waals surface area contributed by atoms with E-state index in [1.165, 1.54) is 44.5 Å². The van der Waals surface area contributed by atoms with Gasteiger partial charge in [-0.1, -0.05) is 53.6 Å². The fourth-order valence-corrected chi connectivity index (χ4v) is 8.75. The Bertz CT molecular complexity index is 2420. The lowest BCUT2D eigenvalue weighted by Gasteiger charge is -2.47. The van der Waals surface area contributed by atoms with E-state index in [0.29, 0.717) is 11.7 Å². The number of rotatable bonds is 2. The third-order valence-corrected chi connectivity index (χ3v) is 10.2. The van der Waals surface area contributed by atoms with Gasteiger partial charge in [0.05, 0.1) is 5.69 Å². The van der Waals surface area contributed by atoms with Crippen LogP contribution in [-0.2, 0) is 0 Å². The molecular formula is C40H34BFN4. The van der Waals surface area contributed by atoms with Gasteiger partial charge in [0, 0.05) is 39.5 Å². The number of allylic oxidation sites excluding steroid dienone is 2. The number of nitrogens with zero attached hydrogens (tertiary/aromatic N) is 4. The van der Waals surface area contributed by atoms with E-state index in [4.69, 9.17) is 4.99 Å². The van der Waals surface area contributed by atoms with Crippen LogP contribution in [0, 0.1) is 41.5 Å². The van der Waals surface area contributed by atoms with Gasteiger partial charge in [0.1, 0.15) is 0 Å². The fraction of sp³-hybridized carbons (Fsp3) is 0.150. The van der Waals surface area contributed by atoms with Crippen molar-refractivity contribution >= 4 is 40.3 Å². The highest BCUT2D eigenvalue weighted by Crippen LogP contribution is 2.47. The predicted molar refractivity (Wildman–Crippen MR) is 189 cm³/mol. The smallest absolute Gasteiger partial charge is 0.425 e. The van der Waals surface area contributed by atoms with Crippen LogP contribution in [0.1, 0.15) is 33.4 Å². The molecule has 0 amide bonds. The maximum Gasteiger partial charge on any atom is 0.573 e. The quantitative estimate of drug-likeness (QED) is 0.182. The van der Waals surface area contributed by atoms with Crippen LogP contribution < -0.4 is 4.48 Å². The van der Waals surface area contributed by atoms with Crippen molar-refractivity contribution in [2.45, 2.75) is 41.5 Å². The molecule has 224 valence electrons. The van der Waals surface area contributed by atoms with E-state index in [1.807, 2.05) is 51.6 Å². The van der Waals surface area contributed by atoms with Crippen LogP contribution in [0.15, 0.2) is 102 Å². The van der Waals surface area contributed by atoms with Gasteiger partial charge in [-0.25, -0.2) is 0 Å². The lowest BCUT2D eigenvalue weighted by molar-refractivity contribution is -0.542. The lowest BCUT2D eigenvalue weighted by atomic mass is 9.75. The number of halogens is 1. The fourth-order valence-electron chi connectivity index (χ4n) is 8.75. The number of aromatic nitrogens is 2. The van der Waals surface area contributed by atoms with Gasteiger partial charge in [0.15, 0.2) is 0 Å². The van der Waals surface area contributed by atoms with Gasteiger partial charge in [0.25, 0.3) is 5.82 Å². The van der Waals surface area contributed by atoms with Crippen LogP contribution in [0.2, 0.25) is 0 Å². The Kier molecular flexibility index (Phi) is 5.40. The minimum absolute atomic E-state index is 0.602. The molecule has 1 unspecified atom stereocenters. The van der Waals surface area contributed by atoms with Gasteiger partial charge in [-0.2, -0.15) is 0 Å². The highest BCUT2D eigenvalue weighted by atomic mass is 19.1. The number of hydrogen-bond donors (Lipinski definition) is 0. The Morgan fingerprint density at radius 1 is 0.696 bits per heavy atom. The van der Waals surface area contributed by atoms with Gasteiger partial charge in [-0.15, -0.1) is 0 Å². The highest BCUT2D eigenvalue weighted by molar-refractivity contribution is 6.67. The molecule has 0 bridgehead atoms. The summed E-state index contributed by atoms with van der Waals surface area (Å²) >= 11 is 0. The molecule has 3 aliphatic heterocycles. The van der Waals surface area contributed by atoms with Crippen LogP contribution in [0.5, 0.6) is 0 Å². The molecule has 0 fully saturated rings. The molecule has 9 rings (SSSR count). The molecule has 0 saturated carbocycles. The Morgan fingerprint density at radius 3 is 2.04 bits per heavy atom. The van der Waals surface area contributed by atoms with Crippen LogP contribution in [0.3, 0.4) is 0 Å². The van der Waals surface area contributed by atoms with E-state index >= 15 is 4.32 Å². The lowest BCUT2D eigenvalue weighted by Crippen LogP contribution is -2.79. The molecule has 4 nitrogen and oxygen atoms in total. The molecule has 0 radical (unpaired) electrons. The van der Waals surface area contributed by atoms with Crippen molar-refractivity contribution in [3.8, 4) is 33.5 Å². The number of aliphatic imine (C=N–C) groups is 1. The number of amidine groups is 1. The summed E-state index contributed by atoms with van der Waals surface area (Å²) in [4.78, 5) is 6.66. The van der Waals surface area contributed by atoms with Crippen molar-refractivity contribution in [1.29, 1.82) is 0 Å².